The summed E-state index contributed by atoms with van der Waals surface area (Å²) < 4.78 is 7.05. The van der Waals surface area contributed by atoms with E-state index >= 15 is 0 Å². The molecule has 1 aromatic carbocycles. The Morgan fingerprint density at radius 1 is 1.23 bits per heavy atom. The third-order valence-electron chi connectivity index (χ3n) is 5.85. The maximum absolute atomic E-state index is 12.9. The van der Waals surface area contributed by atoms with E-state index in [-0.39, 0.29) is 30.3 Å². The molecule has 3 rings (SSSR count). The Labute approximate surface area is 183 Å². The highest BCUT2D eigenvalue weighted by Crippen LogP contribution is 2.17. The molecule has 0 bridgehead atoms. The van der Waals surface area contributed by atoms with E-state index in [2.05, 4.69) is 17.2 Å². The van der Waals surface area contributed by atoms with E-state index in [4.69, 9.17) is 4.74 Å². The molecule has 1 aromatic heterocycles. The summed E-state index contributed by atoms with van der Waals surface area (Å²) in [4.78, 5) is 42.1. The Hall–Kier alpha value is -2.70. The Morgan fingerprint density at radius 3 is 2.71 bits per heavy atom. The van der Waals surface area contributed by atoms with Crippen molar-refractivity contribution >= 4 is 22.9 Å². The lowest BCUT2D eigenvalue weighted by atomic mass is 9.95. The molecule has 1 heterocycles. The van der Waals surface area contributed by atoms with Crippen LogP contribution in [0.5, 0.6) is 0 Å². The number of aryl methyl sites for hydroxylation is 2. The van der Waals surface area contributed by atoms with Crippen molar-refractivity contribution in [3.05, 3.63) is 40.3 Å². The number of hydrogen-bond donors (Lipinski definition) is 1. The quantitative estimate of drug-likeness (QED) is 0.619. The van der Waals surface area contributed by atoms with Gasteiger partial charge in [-0.2, -0.15) is 0 Å². The van der Waals surface area contributed by atoms with Crippen molar-refractivity contribution in [2.24, 2.45) is 0 Å². The van der Waals surface area contributed by atoms with Crippen molar-refractivity contribution in [3.8, 4) is 0 Å². The zero-order valence-electron chi connectivity index (χ0n) is 18.6. The van der Waals surface area contributed by atoms with Gasteiger partial charge in [0.15, 0.2) is 6.10 Å². The highest BCUT2D eigenvalue weighted by atomic mass is 16.5. The van der Waals surface area contributed by atoms with Crippen LogP contribution in [0.4, 0.5) is 0 Å². The molecule has 0 spiro atoms. The molecular weight excluding hydrogens is 394 g/mol. The number of para-hydroxylation sites is 2. The lowest BCUT2D eigenvalue weighted by Crippen LogP contribution is -2.42. The minimum Gasteiger partial charge on any atom is -0.453 e. The Balaban J connectivity index is 1.61. The average molecular weight is 428 g/mol. The largest absolute Gasteiger partial charge is 0.453 e. The summed E-state index contributed by atoms with van der Waals surface area (Å²) in [6, 6.07) is 7.71. The summed E-state index contributed by atoms with van der Waals surface area (Å²) in [6.45, 7) is 4.28. The number of rotatable bonds is 9. The Bertz CT molecular complexity index is 963. The fourth-order valence-electron chi connectivity index (χ4n) is 4.04. The number of hydrogen-bond acceptors (Lipinski definition) is 5. The van der Waals surface area contributed by atoms with Gasteiger partial charge in [-0.1, -0.05) is 44.7 Å². The molecule has 7 nitrogen and oxygen atoms in total. The number of carbonyl (C=O) groups excluding carboxylic acids is 2. The highest BCUT2D eigenvalue weighted by molar-refractivity contribution is 5.83. The summed E-state index contributed by atoms with van der Waals surface area (Å²) >= 11 is 0. The first-order valence-corrected chi connectivity index (χ1v) is 11.5. The van der Waals surface area contributed by atoms with Crippen LogP contribution in [0.15, 0.2) is 29.1 Å². The summed E-state index contributed by atoms with van der Waals surface area (Å²) in [5.74, 6) is -0.758. The fourth-order valence-corrected chi connectivity index (χ4v) is 4.04. The lowest BCUT2D eigenvalue weighted by molar-refractivity contribution is -0.155. The second-order valence-electron chi connectivity index (χ2n) is 8.33. The van der Waals surface area contributed by atoms with Crippen molar-refractivity contribution < 1.29 is 14.3 Å². The number of fused-ring (bicyclic) bond motifs is 1. The van der Waals surface area contributed by atoms with E-state index in [1.54, 1.807) is 11.5 Å². The molecule has 1 saturated carbocycles. The second kappa shape index (κ2) is 11.1. The monoisotopic (exact) mass is 427 g/mol. The summed E-state index contributed by atoms with van der Waals surface area (Å²) in [6.07, 6.45) is 6.62. The van der Waals surface area contributed by atoms with Crippen molar-refractivity contribution in [2.75, 3.05) is 0 Å². The lowest BCUT2D eigenvalue weighted by Gasteiger charge is -2.24. The first-order valence-electron chi connectivity index (χ1n) is 11.5. The van der Waals surface area contributed by atoms with Crippen molar-refractivity contribution in [2.45, 2.75) is 90.3 Å². The van der Waals surface area contributed by atoms with Gasteiger partial charge in [0.25, 0.3) is 11.5 Å². The first-order chi connectivity index (χ1) is 15.0. The number of unbranched alkanes of at least 4 members (excludes halogenated alkanes) is 1. The van der Waals surface area contributed by atoms with Crippen molar-refractivity contribution in [1.82, 2.24) is 14.9 Å². The Morgan fingerprint density at radius 2 is 1.97 bits per heavy atom. The number of nitrogens with zero attached hydrogens (tertiary/aromatic N) is 2. The van der Waals surface area contributed by atoms with Gasteiger partial charge in [-0.25, -0.2) is 4.98 Å². The number of esters is 1. The van der Waals surface area contributed by atoms with Gasteiger partial charge in [0.1, 0.15) is 5.69 Å². The number of amides is 1. The van der Waals surface area contributed by atoms with E-state index in [1.165, 1.54) is 6.42 Å². The van der Waals surface area contributed by atoms with E-state index in [1.807, 2.05) is 24.3 Å². The SMILES string of the molecule is CCCCn1c(=O)c(CCC(=O)O[C@H](C)C(=O)NC2CCCCC2)nc2ccccc21. The van der Waals surface area contributed by atoms with Gasteiger partial charge in [-0.05, 0) is 38.3 Å². The summed E-state index contributed by atoms with van der Waals surface area (Å²) in [5.41, 5.74) is 1.73. The van der Waals surface area contributed by atoms with Crippen molar-refractivity contribution in [3.63, 3.8) is 0 Å². The van der Waals surface area contributed by atoms with Gasteiger partial charge >= 0.3 is 5.97 Å². The summed E-state index contributed by atoms with van der Waals surface area (Å²) in [7, 11) is 0. The highest BCUT2D eigenvalue weighted by Gasteiger charge is 2.22. The van der Waals surface area contributed by atoms with Gasteiger partial charge in [-0.3, -0.25) is 14.4 Å². The first kappa shape index (κ1) is 23.0. The number of ether oxygens (including phenoxy) is 1. The topological polar surface area (TPSA) is 90.3 Å². The zero-order valence-corrected chi connectivity index (χ0v) is 18.6. The molecular formula is C24H33N3O4. The predicted molar refractivity (Wildman–Crippen MR) is 120 cm³/mol. The van der Waals surface area contributed by atoms with E-state index in [0.717, 1.165) is 49.6 Å². The molecule has 0 saturated heterocycles. The third kappa shape index (κ3) is 6.15. The number of nitrogens with one attached hydrogen (secondary N) is 1. The molecule has 1 aliphatic rings. The number of aromatic nitrogens is 2. The van der Waals surface area contributed by atoms with Crippen LogP contribution in [-0.2, 0) is 27.3 Å². The molecule has 168 valence electrons. The van der Waals surface area contributed by atoms with Gasteiger partial charge < -0.3 is 14.6 Å². The van der Waals surface area contributed by atoms with Crippen molar-refractivity contribution in [1.29, 1.82) is 0 Å². The van der Waals surface area contributed by atoms with Crippen LogP contribution >= 0.6 is 0 Å². The fraction of sp³-hybridized carbons (Fsp3) is 0.583. The normalized spacial score (nSPS) is 15.5. The molecule has 0 radical (unpaired) electrons. The van der Waals surface area contributed by atoms with Crippen LogP contribution in [0.25, 0.3) is 11.0 Å². The van der Waals surface area contributed by atoms with E-state index in [0.29, 0.717) is 12.2 Å². The van der Waals surface area contributed by atoms with Crippen LogP contribution < -0.4 is 10.9 Å². The molecule has 0 aliphatic heterocycles. The molecule has 1 atom stereocenters. The van der Waals surface area contributed by atoms with Crippen LogP contribution in [-0.4, -0.2) is 33.6 Å². The molecule has 7 heteroatoms. The molecule has 0 unspecified atom stereocenters. The van der Waals surface area contributed by atoms with Crippen LogP contribution in [0.1, 0.15) is 70.9 Å². The van der Waals surface area contributed by atoms with Crippen LogP contribution in [0, 0.1) is 0 Å². The number of benzene rings is 1. The van der Waals surface area contributed by atoms with Gasteiger partial charge in [0.2, 0.25) is 0 Å². The smallest absolute Gasteiger partial charge is 0.306 e. The standard InChI is InChI=1S/C24H33N3O4/c1-3-4-16-27-21-13-9-8-12-19(21)26-20(24(27)30)14-15-22(28)31-17(2)23(29)25-18-10-6-5-7-11-18/h8-9,12-13,17-18H,3-7,10-11,14-16H2,1-2H3,(H,25,29)/t17-/m1/s1. The Kier molecular flexibility index (Phi) is 8.20. The van der Waals surface area contributed by atoms with Crippen LogP contribution in [0.2, 0.25) is 0 Å². The third-order valence-corrected chi connectivity index (χ3v) is 5.85. The van der Waals surface area contributed by atoms with Crippen LogP contribution in [0.3, 0.4) is 0 Å². The molecule has 1 aliphatic carbocycles. The molecule has 1 amide bonds. The maximum Gasteiger partial charge on any atom is 0.306 e. The molecule has 2 aromatic rings. The predicted octanol–water partition coefficient (Wildman–Crippen LogP) is 3.51. The zero-order chi connectivity index (χ0) is 22.2. The maximum atomic E-state index is 12.9. The second-order valence-corrected chi connectivity index (χ2v) is 8.33. The minimum absolute atomic E-state index is 0.00933. The van der Waals surface area contributed by atoms with E-state index in [9.17, 15) is 14.4 Å². The van der Waals surface area contributed by atoms with Gasteiger partial charge in [-0.15, -0.1) is 0 Å². The molecule has 31 heavy (non-hydrogen) atoms. The van der Waals surface area contributed by atoms with Gasteiger partial charge in [0.05, 0.1) is 17.5 Å². The van der Waals surface area contributed by atoms with E-state index < -0.39 is 12.1 Å². The number of carbonyl (C=O) groups is 2. The van der Waals surface area contributed by atoms with Gasteiger partial charge in [0, 0.05) is 19.0 Å². The molecule has 1 N–H and O–H groups in total. The minimum atomic E-state index is -0.847. The molecule has 1 fully saturated rings. The average Bonchev–Trinajstić information content (AvgIpc) is 2.78. The summed E-state index contributed by atoms with van der Waals surface area (Å²) in [5, 5.41) is 2.97.